The molecule has 1 spiro atoms. The summed E-state index contributed by atoms with van der Waals surface area (Å²) in [5.74, 6) is 0. The van der Waals surface area contributed by atoms with Gasteiger partial charge in [0.15, 0.2) is 0 Å². The number of hydrogen-bond donors (Lipinski definition) is 0. The van der Waals surface area contributed by atoms with Gasteiger partial charge in [-0.15, -0.1) is 10.2 Å². The van der Waals surface area contributed by atoms with Crippen LogP contribution in [0.15, 0.2) is 0 Å². The van der Waals surface area contributed by atoms with Gasteiger partial charge in [-0.3, -0.25) is 0 Å². The summed E-state index contributed by atoms with van der Waals surface area (Å²) in [5.41, 5.74) is 0. The van der Waals surface area contributed by atoms with Gasteiger partial charge in [-0.1, -0.05) is 0 Å². The van der Waals surface area contributed by atoms with Crippen molar-refractivity contribution in [3.63, 3.8) is 0 Å². The summed E-state index contributed by atoms with van der Waals surface area (Å²) in [6.07, 6.45) is 0. The van der Waals surface area contributed by atoms with E-state index < -0.39 is 16.8 Å². The van der Waals surface area contributed by atoms with E-state index in [1.807, 2.05) is 0 Å². The predicted molar refractivity (Wildman–Crippen MR) is 37.5 cm³/mol. The SMILES string of the molecule is [CH]12[CH]3[CH]4[CH]5[CH]1[Fe]23451678[CH]2[CH]1[CH]6[CH]7[CH]28.[Li+].[O-][Cl+3]([O-])([O-])[O-]. The molecule has 0 amide bonds. The topological polar surface area (TPSA) is 92.2 Å². The zero-order valence-electron chi connectivity index (χ0n) is 9.14. The second-order valence-electron chi connectivity index (χ2n) is 9.96. The number of hydrogen-bond acceptors (Lipinski definition) is 4. The normalized spacial score (nSPS) is 114. The van der Waals surface area contributed by atoms with E-state index in [2.05, 4.69) is 0 Å². The molecule has 0 aliphatic carbocycles. The van der Waals surface area contributed by atoms with Gasteiger partial charge in [0, 0.05) is 0 Å². The van der Waals surface area contributed by atoms with Crippen molar-refractivity contribution in [3.05, 3.63) is 0 Å². The Balaban J connectivity index is 0.0000000978. The van der Waals surface area contributed by atoms with Crippen molar-refractivity contribution >= 4 is 0 Å². The van der Waals surface area contributed by atoms with Crippen molar-refractivity contribution in [1.29, 1.82) is 0 Å². The fourth-order valence-electron chi connectivity index (χ4n) is 15.8. The molecule has 0 N–H and O–H groups in total. The smallest absolute Gasteiger partial charge is 0.222 e. The standard InChI is InChI=1S/2C5H5.ClHO4.Fe.Li/c2*1-2-4-5-3-1;2-1(3,4)5;;/h2*1-5H;(H,2,3,4,5);;/q;;;;+1/p-1. The maximum atomic E-state index is 8.49. The zero-order chi connectivity index (χ0) is 10.6. The molecule has 90 valence electrons. The first-order chi connectivity index (χ1) is 7.16. The Kier molecular flexibility index (Phi) is 0.337. The summed E-state index contributed by atoms with van der Waals surface area (Å²) in [4.78, 5) is 15.9. The van der Waals surface area contributed by atoms with Gasteiger partial charge in [0.25, 0.3) is 0 Å². The van der Waals surface area contributed by atoms with Crippen LogP contribution in [0.25, 0.3) is 0 Å². The summed E-state index contributed by atoms with van der Waals surface area (Å²) in [6.45, 7) is -2.28. The third-order valence-electron chi connectivity index (χ3n) is 14.5. The summed E-state index contributed by atoms with van der Waals surface area (Å²) < 4.78 is 34.0. The van der Waals surface area contributed by atoms with Crippen LogP contribution in [-0.2, 0) is 6.51 Å². The number of fused-ring (bicyclic) bond motifs is 10. The second kappa shape index (κ2) is 0.673. The van der Waals surface area contributed by atoms with Gasteiger partial charge in [-0.05, 0) is 0 Å². The minimum Gasteiger partial charge on any atom is -0.222 e. The van der Waals surface area contributed by atoms with Crippen LogP contribution in [0.5, 0.6) is 0 Å². The summed E-state index contributed by atoms with van der Waals surface area (Å²) in [5, 5.41) is 0. The molecule has 10 rings (SSSR count). The average Bonchev–Trinajstić information content (AvgIpc) is 3.12. The Hall–Kier alpha value is 1.25. The molecule has 7 heteroatoms. The molecule has 10 aliphatic rings. The zero-order valence-corrected chi connectivity index (χ0v) is 11.0. The fraction of sp³-hybridized carbons (Fsp3) is 1.00. The van der Waals surface area contributed by atoms with E-state index in [4.69, 9.17) is 18.6 Å². The summed E-state index contributed by atoms with van der Waals surface area (Å²) >= 11 is 0. The molecule has 10 fully saturated rings. The molecule has 10 heterocycles. The Morgan fingerprint density at radius 2 is 0.647 bits per heavy atom. The third kappa shape index (κ3) is 0.0990. The van der Waals surface area contributed by atoms with Gasteiger partial charge in [0.05, 0.1) is 0 Å². The first kappa shape index (κ1) is 8.52. The minimum atomic E-state index is -4.94. The largest absolute Gasteiger partial charge is 1.00 e. The van der Waals surface area contributed by atoms with E-state index >= 15 is 0 Å². The molecular formula is C10H10ClFeLiO4. The predicted octanol–water partition coefficient (Wildman–Crippen LogP) is -4.38. The van der Waals surface area contributed by atoms with Crippen LogP contribution in [0, 0.1) is 10.2 Å². The van der Waals surface area contributed by atoms with Crippen LogP contribution in [0.3, 0.4) is 0 Å². The first-order valence-corrected chi connectivity index (χ1v) is 13.6. The van der Waals surface area contributed by atoms with Crippen LogP contribution < -0.4 is 37.5 Å². The Morgan fingerprint density at radius 1 is 0.529 bits per heavy atom. The molecule has 0 unspecified atom stereocenters. The van der Waals surface area contributed by atoms with Gasteiger partial charge >= 0.3 is 73.5 Å². The van der Waals surface area contributed by atoms with E-state index in [0.717, 1.165) is 0 Å². The summed E-state index contributed by atoms with van der Waals surface area (Å²) in [7, 11) is -4.94. The molecule has 0 atom stereocenters. The van der Waals surface area contributed by atoms with E-state index in [1.165, 1.54) is 0 Å². The molecule has 4 nitrogen and oxygen atoms in total. The van der Waals surface area contributed by atoms with E-state index in [1.54, 1.807) is 48.2 Å². The van der Waals surface area contributed by atoms with Crippen LogP contribution in [0.1, 0.15) is 0 Å². The molecule has 10 saturated heterocycles. The van der Waals surface area contributed by atoms with E-state index in [-0.39, 0.29) is 18.9 Å². The molecule has 10 aliphatic heterocycles. The average molecular weight is 292 g/mol. The molecule has 0 aromatic carbocycles. The van der Waals surface area contributed by atoms with Crippen LogP contribution in [0.2, 0.25) is 48.2 Å². The van der Waals surface area contributed by atoms with Crippen molar-refractivity contribution in [1.82, 2.24) is 0 Å². The van der Waals surface area contributed by atoms with Crippen LogP contribution in [0.4, 0.5) is 0 Å². The molecule has 0 radical (unpaired) electrons. The molecule has 0 aromatic heterocycles. The van der Waals surface area contributed by atoms with Gasteiger partial charge in [0.1, 0.15) is 0 Å². The van der Waals surface area contributed by atoms with E-state index in [0.29, 0.717) is 0 Å². The quantitative estimate of drug-likeness (QED) is 0.422. The molecule has 17 heavy (non-hydrogen) atoms. The molecule has 0 aromatic rings. The van der Waals surface area contributed by atoms with Crippen molar-refractivity contribution in [2.45, 2.75) is 48.2 Å². The fourth-order valence-corrected chi connectivity index (χ4v) is 88.0. The third-order valence-corrected chi connectivity index (χ3v) is 56.5. The minimum absolute atomic E-state index is 0. The monoisotopic (exact) mass is 292 g/mol. The van der Waals surface area contributed by atoms with Gasteiger partial charge in [0.2, 0.25) is 0 Å². The van der Waals surface area contributed by atoms with Gasteiger partial charge in [-0.2, -0.15) is 0 Å². The maximum Gasteiger partial charge on any atom is 1.00 e. The first-order valence-electron chi connectivity index (χ1n) is 5.99. The summed E-state index contributed by atoms with van der Waals surface area (Å²) in [6, 6.07) is 0. The molecule has 0 bridgehead atoms. The Labute approximate surface area is 102 Å². The van der Waals surface area contributed by atoms with Gasteiger partial charge in [-0.25, -0.2) is 18.6 Å². The maximum absolute atomic E-state index is 8.49. The van der Waals surface area contributed by atoms with Crippen molar-refractivity contribution in [2.24, 2.45) is 0 Å². The van der Waals surface area contributed by atoms with Crippen LogP contribution >= 0.6 is 0 Å². The number of rotatable bonds is 0. The molecular weight excluding hydrogens is 282 g/mol. The Morgan fingerprint density at radius 3 is 0.647 bits per heavy atom. The van der Waals surface area contributed by atoms with E-state index in [9.17, 15) is 0 Å². The number of halogens is 1. The van der Waals surface area contributed by atoms with Gasteiger partial charge < -0.3 is 0 Å². The molecule has 0 saturated carbocycles. The second-order valence-corrected chi connectivity index (χ2v) is 34.6. The Bertz CT molecular complexity index is 673. The van der Waals surface area contributed by atoms with Crippen molar-refractivity contribution < 1.29 is 54.2 Å². The van der Waals surface area contributed by atoms with Crippen molar-refractivity contribution in [3.8, 4) is 0 Å². The van der Waals surface area contributed by atoms with Crippen LogP contribution in [-0.4, -0.2) is 0 Å². The van der Waals surface area contributed by atoms with Crippen molar-refractivity contribution in [2.75, 3.05) is 0 Å².